The summed E-state index contributed by atoms with van der Waals surface area (Å²) in [4.78, 5) is 29.3. The first kappa shape index (κ1) is 38.9. The van der Waals surface area contributed by atoms with Gasteiger partial charge in [-0.1, -0.05) is 66.2 Å². The van der Waals surface area contributed by atoms with Crippen LogP contribution in [0.5, 0.6) is 11.5 Å². The molecule has 0 spiro atoms. The molecular weight excluding hydrogens is 546 g/mol. The number of phenolic OH excluding ortho intramolecular Hbond substituents is 1. The van der Waals surface area contributed by atoms with Crippen molar-refractivity contribution in [2.75, 3.05) is 44.1 Å². The zero-order chi connectivity index (χ0) is 32.6. The van der Waals surface area contributed by atoms with Gasteiger partial charge in [0.25, 0.3) is 5.91 Å². The number of carboxylic acids is 1. The van der Waals surface area contributed by atoms with Gasteiger partial charge in [-0.3, -0.25) is 4.79 Å². The Kier molecular flexibility index (Phi) is 21.2. The van der Waals surface area contributed by atoms with Crippen molar-refractivity contribution in [2.24, 2.45) is 5.92 Å². The number of carbonyl (C=O) groups excluding carboxylic acids is 1. The molecule has 238 valence electrons. The molecule has 9 heteroatoms. The van der Waals surface area contributed by atoms with Gasteiger partial charge in [0.2, 0.25) is 0 Å². The maximum atomic E-state index is 12.4. The van der Waals surface area contributed by atoms with E-state index in [1.165, 1.54) is 25.7 Å². The zero-order valence-corrected chi connectivity index (χ0v) is 27.1. The Morgan fingerprint density at radius 1 is 0.930 bits per heavy atom. The van der Waals surface area contributed by atoms with Gasteiger partial charge < -0.3 is 29.9 Å². The van der Waals surface area contributed by atoms with Gasteiger partial charge >= 0.3 is 5.97 Å². The molecule has 43 heavy (non-hydrogen) atoms. The number of benzene rings is 2. The average molecular weight is 598 g/mol. The molecule has 9 nitrogen and oxygen atoms in total. The van der Waals surface area contributed by atoms with E-state index >= 15 is 0 Å². The smallest absolute Gasteiger partial charge is 0.335 e. The van der Waals surface area contributed by atoms with Crippen molar-refractivity contribution in [3.63, 3.8) is 0 Å². The second kappa shape index (κ2) is 23.5. The van der Waals surface area contributed by atoms with Gasteiger partial charge in [-0.25, -0.2) is 9.78 Å². The van der Waals surface area contributed by atoms with E-state index in [2.05, 4.69) is 29.0 Å². The van der Waals surface area contributed by atoms with Crippen LogP contribution >= 0.6 is 0 Å². The summed E-state index contributed by atoms with van der Waals surface area (Å²) in [5, 5.41) is 20.9. The highest BCUT2D eigenvalue weighted by Gasteiger charge is 2.20. The standard InChI is InChI=1S/C20H25N3O4.C7H6O2.C3H8.2C2H6/c1-26-13-14-5-7-23(8-6-14)19-4-3-16(12-21-19)22-20(25)15-9-17(24)11-18(10-15)27-2;8-7(9)6-4-2-1-3-5-6;1-3-2;2*1-2/h3-4,9-12,14,24H,5-8,13H2,1-2H3,(H,22,25);1-5H,(H,8,9);3H2,1-2H3;2*1-2H3. The number of phenols is 1. The number of carboxylic acid groups (broad SMARTS) is 1. The van der Waals surface area contributed by atoms with E-state index in [-0.39, 0.29) is 11.7 Å². The first-order valence-corrected chi connectivity index (χ1v) is 15.0. The number of nitrogens with one attached hydrogen (secondary N) is 1. The lowest BCUT2D eigenvalue weighted by molar-refractivity contribution is 0.0696. The van der Waals surface area contributed by atoms with E-state index < -0.39 is 5.97 Å². The van der Waals surface area contributed by atoms with Gasteiger partial charge in [0, 0.05) is 38.4 Å². The summed E-state index contributed by atoms with van der Waals surface area (Å²) in [7, 11) is 3.23. The Labute approximate surface area is 257 Å². The summed E-state index contributed by atoms with van der Waals surface area (Å²) < 4.78 is 10.3. The van der Waals surface area contributed by atoms with Gasteiger partial charge in [-0.05, 0) is 55.2 Å². The van der Waals surface area contributed by atoms with E-state index in [1.807, 2.05) is 39.8 Å². The average Bonchev–Trinajstić information content (AvgIpc) is 3.04. The van der Waals surface area contributed by atoms with Crippen molar-refractivity contribution in [2.45, 2.75) is 60.8 Å². The number of methoxy groups -OCH3 is 2. The van der Waals surface area contributed by atoms with Gasteiger partial charge in [0.1, 0.15) is 17.3 Å². The molecule has 0 bridgehead atoms. The van der Waals surface area contributed by atoms with Crippen molar-refractivity contribution in [1.29, 1.82) is 0 Å². The molecule has 1 fully saturated rings. The highest BCUT2D eigenvalue weighted by Crippen LogP contribution is 2.24. The summed E-state index contributed by atoms with van der Waals surface area (Å²) in [6, 6.07) is 16.5. The lowest BCUT2D eigenvalue weighted by Gasteiger charge is -2.32. The highest BCUT2D eigenvalue weighted by atomic mass is 16.5. The summed E-state index contributed by atoms with van der Waals surface area (Å²) >= 11 is 0. The molecule has 2 heterocycles. The first-order valence-electron chi connectivity index (χ1n) is 15.0. The SMILES string of the molecule is CC.CC.CCC.COCC1CCN(c2ccc(NC(=O)c3cc(O)cc(OC)c3)cn2)CC1.O=C(O)c1ccccc1. The van der Waals surface area contributed by atoms with Crippen LogP contribution in [0.15, 0.2) is 66.9 Å². The molecule has 0 unspecified atom stereocenters. The second-order valence-corrected chi connectivity index (χ2v) is 9.04. The van der Waals surface area contributed by atoms with E-state index in [0.29, 0.717) is 28.5 Å². The predicted octanol–water partition coefficient (Wildman–Crippen LogP) is 7.76. The third-order valence-corrected chi connectivity index (χ3v) is 5.76. The predicted molar refractivity (Wildman–Crippen MR) is 176 cm³/mol. The molecule has 0 radical (unpaired) electrons. The Morgan fingerprint density at radius 2 is 1.53 bits per heavy atom. The summed E-state index contributed by atoms with van der Waals surface area (Å²) in [6.07, 6.45) is 5.08. The number of nitrogens with zero attached hydrogens (tertiary/aromatic N) is 2. The fourth-order valence-electron chi connectivity index (χ4n) is 3.83. The minimum Gasteiger partial charge on any atom is -0.508 e. The van der Waals surface area contributed by atoms with Crippen LogP contribution in [0.2, 0.25) is 0 Å². The van der Waals surface area contributed by atoms with Gasteiger partial charge in [-0.2, -0.15) is 0 Å². The number of anilines is 2. The van der Waals surface area contributed by atoms with E-state index in [0.717, 1.165) is 38.4 Å². The summed E-state index contributed by atoms with van der Waals surface area (Å²) in [6.45, 7) is 15.0. The van der Waals surface area contributed by atoms with Crippen molar-refractivity contribution in [3.05, 3.63) is 78.0 Å². The van der Waals surface area contributed by atoms with Crippen molar-refractivity contribution >= 4 is 23.4 Å². The molecule has 2 aromatic carbocycles. The van der Waals surface area contributed by atoms with Crippen molar-refractivity contribution in [1.82, 2.24) is 4.98 Å². The number of aromatic nitrogens is 1. The lowest BCUT2D eigenvalue weighted by Crippen LogP contribution is -2.35. The van der Waals surface area contributed by atoms with Crippen molar-refractivity contribution in [3.8, 4) is 11.5 Å². The molecule has 3 N–H and O–H groups in total. The fraction of sp³-hybridized carbons (Fsp3) is 0.441. The number of aromatic hydroxyl groups is 1. The number of rotatable bonds is 7. The Balaban J connectivity index is 0.000000914. The Morgan fingerprint density at radius 3 is 2.00 bits per heavy atom. The van der Waals surface area contributed by atoms with E-state index in [4.69, 9.17) is 14.6 Å². The third-order valence-electron chi connectivity index (χ3n) is 5.76. The number of aromatic carboxylic acids is 1. The van der Waals surface area contributed by atoms with Gasteiger partial charge in [0.05, 0.1) is 24.6 Å². The number of carbonyl (C=O) groups is 2. The molecule has 1 aliphatic rings. The largest absolute Gasteiger partial charge is 0.508 e. The topological polar surface area (TPSA) is 121 Å². The Bertz CT molecular complexity index is 1150. The molecule has 4 rings (SSSR count). The molecular formula is C34H51N3O6. The number of hydrogen-bond acceptors (Lipinski definition) is 7. The minimum atomic E-state index is -0.879. The van der Waals surface area contributed by atoms with E-state index in [1.54, 1.807) is 49.7 Å². The van der Waals surface area contributed by atoms with Gasteiger partial charge in [-0.15, -0.1) is 0 Å². The number of ether oxygens (including phenoxy) is 2. The summed E-state index contributed by atoms with van der Waals surface area (Å²) in [5.74, 6) is 0.706. The van der Waals surface area contributed by atoms with Crippen LogP contribution in [0.3, 0.4) is 0 Å². The van der Waals surface area contributed by atoms with Crippen LogP contribution < -0.4 is 15.0 Å². The molecule has 1 aliphatic heterocycles. The maximum Gasteiger partial charge on any atom is 0.335 e. The number of pyridine rings is 1. The van der Waals surface area contributed by atoms with Crippen molar-refractivity contribution < 1.29 is 29.3 Å². The van der Waals surface area contributed by atoms with Crippen LogP contribution in [-0.2, 0) is 4.74 Å². The fourth-order valence-corrected chi connectivity index (χ4v) is 3.83. The van der Waals surface area contributed by atoms with Crippen LogP contribution in [0, 0.1) is 5.92 Å². The maximum absolute atomic E-state index is 12.4. The highest BCUT2D eigenvalue weighted by molar-refractivity contribution is 6.04. The molecule has 0 atom stereocenters. The normalized spacial score (nSPS) is 11.9. The van der Waals surface area contributed by atoms with E-state index in [9.17, 15) is 14.7 Å². The number of amides is 1. The molecule has 3 aromatic rings. The summed E-state index contributed by atoms with van der Waals surface area (Å²) in [5.41, 5.74) is 1.24. The second-order valence-electron chi connectivity index (χ2n) is 9.04. The Hall–Kier alpha value is -4.11. The molecule has 1 saturated heterocycles. The van der Waals surface area contributed by atoms with Crippen LogP contribution in [0.25, 0.3) is 0 Å². The number of hydrogen-bond donors (Lipinski definition) is 3. The molecule has 1 aromatic heterocycles. The van der Waals surface area contributed by atoms with Crippen LogP contribution in [0.1, 0.15) is 81.5 Å². The van der Waals surface area contributed by atoms with Gasteiger partial charge in [0.15, 0.2) is 0 Å². The van der Waals surface area contributed by atoms with Crippen LogP contribution in [-0.4, -0.2) is 61.0 Å². The first-order chi connectivity index (χ1) is 20.8. The zero-order valence-electron chi connectivity index (χ0n) is 27.1. The minimum absolute atomic E-state index is 0.0233. The number of piperidine rings is 1. The molecule has 0 aliphatic carbocycles. The van der Waals surface area contributed by atoms with Crippen LogP contribution in [0.4, 0.5) is 11.5 Å². The quantitative estimate of drug-likeness (QED) is 0.253. The third kappa shape index (κ3) is 15.1. The molecule has 0 saturated carbocycles. The lowest BCUT2D eigenvalue weighted by atomic mass is 9.98. The monoisotopic (exact) mass is 597 g/mol. The molecule has 1 amide bonds.